The van der Waals surface area contributed by atoms with Crippen molar-refractivity contribution in [3.05, 3.63) is 46.8 Å². The van der Waals surface area contributed by atoms with E-state index in [-0.39, 0.29) is 6.04 Å². The zero-order valence-electron chi connectivity index (χ0n) is 9.74. The highest BCUT2D eigenvalue weighted by atomic mass is 79.9. The number of anilines is 1. The number of benzene rings is 1. The predicted molar refractivity (Wildman–Crippen MR) is 71.4 cm³/mol. The third-order valence-electron chi connectivity index (χ3n) is 2.53. The van der Waals surface area contributed by atoms with Gasteiger partial charge < -0.3 is 14.5 Å². The number of nitrogens with one attached hydrogen (secondary N) is 1. The molecule has 0 fully saturated rings. The van der Waals surface area contributed by atoms with Gasteiger partial charge in [-0.3, -0.25) is 0 Å². The minimum Gasteiger partial charge on any atom is -0.497 e. The summed E-state index contributed by atoms with van der Waals surface area (Å²) >= 11 is 3.45. The molecule has 17 heavy (non-hydrogen) atoms. The van der Waals surface area contributed by atoms with Gasteiger partial charge >= 0.3 is 0 Å². The Balaban J connectivity index is 2.15. The smallest absolute Gasteiger partial charge is 0.122 e. The summed E-state index contributed by atoms with van der Waals surface area (Å²) in [6.07, 6.45) is 3.42. The molecule has 2 aromatic rings. The van der Waals surface area contributed by atoms with Crippen LogP contribution in [-0.4, -0.2) is 7.11 Å². The van der Waals surface area contributed by atoms with Gasteiger partial charge in [-0.2, -0.15) is 0 Å². The molecule has 3 nitrogen and oxygen atoms in total. The lowest BCUT2D eigenvalue weighted by atomic mass is 10.1. The van der Waals surface area contributed by atoms with Gasteiger partial charge in [0.1, 0.15) is 5.75 Å². The van der Waals surface area contributed by atoms with Crippen molar-refractivity contribution in [2.24, 2.45) is 0 Å². The van der Waals surface area contributed by atoms with Crippen molar-refractivity contribution < 1.29 is 9.15 Å². The van der Waals surface area contributed by atoms with E-state index in [0.717, 1.165) is 21.5 Å². The summed E-state index contributed by atoms with van der Waals surface area (Å²) in [5.41, 5.74) is 2.12. The van der Waals surface area contributed by atoms with E-state index in [0.29, 0.717) is 0 Å². The Morgan fingerprint density at radius 3 is 2.82 bits per heavy atom. The van der Waals surface area contributed by atoms with E-state index >= 15 is 0 Å². The predicted octanol–water partition coefficient (Wildman–Crippen LogP) is 4.22. The largest absolute Gasteiger partial charge is 0.497 e. The maximum atomic E-state index is 5.22. The van der Waals surface area contributed by atoms with Gasteiger partial charge in [-0.1, -0.05) is 15.9 Å². The van der Waals surface area contributed by atoms with Crippen LogP contribution in [0, 0.1) is 0 Å². The van der Waals surface area contributed by atoms with E-state index < -0.39 is 0 Å². The second-order valence-corrected chi connectivity index (χ2v) is 4.72. The molecule has 0 saturated carbocycles. The van der Waals surface area contributed by atoms with Crippen LogP contribution in [0.1, 0.15) is 18.5 Å². The van der Waals surface area contributed by atoms with Gasteiger partial charge in [-0.05, 0) is 25.1 Å². The van der Waals surface area contributed by atoms with Gasteiger partial charge in [0.15, 0.2) is 0 Å². The summed E-state index contributed by atoms with van der Waals surface area (Å²) in [4.78, 5) is 0. The van der Waals surface area contributed by atoms with E-state index in [1.165, 1.54) is 0 Å². The van der Waals surface area contributed by atoms with Crippen LogP contribution in [0.15, 0.2) is 45.7 Å². The summed E-state index contributed by atoms with van der Waals surface area (Å²) < 4.78 is 11.3. The number of methoxy groups -OCH3 is 1. The number of ether oxygens (including phenoxy) is 1. The monoisotopic (exact) mass is 295 g/mol. The fraction of sp³-hybridized carbons (Fsp3) is 0.231. The van der Waals surface area contributed by atoms with Gasteiger partial charge in [-0.25, -0.2) is 0 Å². The summed E-state index contributed by atoms with van der Waals surface area (Å²) in [6.45, 7) is 2.08. The Morgan fingerprint density at radius 2 is 2.18 bits per heavy atom. The van der Waals surface area contributed by atoms with Crippen molar-refractivity contribution in [2.75, 3.05) is 12.4 Å². The molecule has 0 aliphatic carbocycles. The minimum atomic E-state index is 0.188. The fourth-order valence-corrected chi connectivity index (χ4v) is 2.09. The van der Waals surface area contributed by atoms with Gasteiger partial charge in [-0.15, -0.1) is 0 Å². The molecule has 1 aromatic heterocycles. The fourth-order valence-electron chi connectivity index (χ4n) is 1.62. The maximum Gasteiger partial charge on any atom is 0.122 e. The Labute approximate surface area is 109 Å². The van der Waals surface area contributed by atoms with E-state index in [1.807, 2.05) is 24.3 Å². The summed E-state index contributed by atoms with van der Waals surface area (Å²) in [6, 6.07) is 8.04. The summed E-state index contributed by atoms with van der Waals surface area (Å²) in [7, 11) is 1.66. The molecule has 0 bridgehead atoms. The molecule has 1 heterocycles. The molecule has 1 N–H and O–H groups in total. The standard InChI is InChI=1S/C13H14BrNO2/c1-9(10-3-4-17-8-10)15-12-5-11(14)6-13(7-12)16-2/h3-9,15H,1-2H3. The molecular weight excluding hydrogens is 282 g/mol. The van der Waals surface area contributed by atoms with Crippen LogP contribution >= 0.6 is 15.9 Å². The number of hydrogen-bond donors (Lipinski definition) is 1. The normalized spacial score (nSPS) is 12.2. The van der Waals surface area contributed by atoms with E-state index in [2.05, 4.69) is 28.2 Å². The SMILES string of the molecule is COc1cc(Br)cc(NC(C)c2ccoc2)c1. The van der Waals surface area contributed by atoms with Crippen LogP contribution in [0.25, 0.3) is 0 Å². The topological polar surface area (TPSA) is 34.4 Å². The highest BCUT2D eigenvalue weighted by Crippen LogP contribution is 2.27. The number of halogens is 1. The van der Waals surface area contributed by atoms with Crippen LogP contribution in [0.2, 0.25) is 0 Å². The Kier molecular flexibility index (Phi) is 3.74. The second kappa shape index (κ2) is 5.27. The van der Waals surface area contributed by atoms with Crippen molar-refractivity contribution in [1.29, 1.82) is 0 Å². The van der Waals surface area contributed by atoms with Crippen molar-refractivity contribution >= 4 is 21.6 Å². The molecule has 1 atom stereocenters. The molecule has 0 aliphatic rings. The first-order valence-corrected chi connectivity index (χ1v) is 6.11. The molecule has 90 valence electrons. The van der Waals surface area contributed by atoms with Crippen molar-refractivity contribution in [2.45, 2.75) is 13.0 Å². The molecule has 4 heteroatoms. The van der Waals surface area contributed by atoms with Crippen LogP contribution < -0.4 is 10.1 Å². The average Bonchev–Trinajstić information content (AvgIpc) is 2.81. The number of rotatable bonds is 4. The second-order valence-electron chi connectivity index (χ2n) is 3.80. The highest BCUT2D eigenvalue weighted by Gasteiger charge is 2.07. The third kappa shape index (κ3) is 3.03. The minimum absolute atomic E-state index is 0.188. The molecule has 0 saturated heterocycles. The first-order valence-electron chi connectivity index (χ1n) is 5.32. The Hall–Kier alpha value is -1.42. The number of furan rings is 1. The van der Waals surface area contributed by atoms with Gasteiger partial charge in [0.05, 0.1) is 25.7 Å². The molecule has 2 rings (SSSR count). The molecule has 0 spiro atoms. The van der Waals surface area contributed by atoms with Crippen molar-refractivity contribution in [3.8, 4) is 5.75 Å². The molecule has 1 aromatic carbocycles. The zero-order chi connectivity index (χ0) is 12.3. The van der Waals surface area contributed by atoms with Crippen LogP contribution in [0.3, 0.4) is 0 Å². The quantitative estimate of drug-likeness (QED) is 0.917. The van der Waals surface area contributed by atoms with E-state index in [1.54, 1.807) is 19.6 Å². The van der Waals surface area contributed by atoms with Gasteiger partial charge in [0.25, 0.3) is 0 Å². The Bertz CT molecular complexity index is 482. The molecular formula is C13H14BrNO2. The van der Waals surface area contributed by atoms with Crippen LogP contribution in [0.4, 0.5) is 5.69 Å². The average molecular weight is 296 g/mol. The molecule has 0 amide bonds. The molecule has 1 unspecified atom stereocenters. The zero-order valence-corrected chi connectivity index (χ0v) is 11.3. The first kappa shape index (κ1) is 12.0. The maximum absolute atomic E-state index is 5.22. The van der Waals surface area contributed by atoms with Crippen molar-refractivity contribution in [1.82, 2.24) is 0 Å². The third-order valence-corrected chi connectivity index (χ3v) is 2.99. The lowest BCUT2D eigenvalue weighted by Gasteiger charge is -2.14. The lowest BCUT2D eigenvalue weighted by molar-refractivity contribution is 0.414. The van der Waals surface area contributed by atoms with Gasteiger partial charge in [0.2, 0.25) is 0 Å². The molecule has 0 aliphatic heterocycles. The summed E-state index contributed by atoms with van der Waals surface area (Å²) in [5.74, 6) is 0.821. The molecule has 0 radical (unpaired) electrons. The van der Waals surface area contributed by atoms with Gasteiger partial charge in [0, 0.05) is 21.8 Å². The first-order chi connectivity index (χ1) is 8.19. The van der Waals surface area contributed by atoms with Crippen molar-refractivity contribution in [3.63, 3.8) is 0 Å². The highest BCUT2D eigenvalue weighted by molar-refractivity contribution is 9.10. The van der Waals surface area contributed by atoms with E-state index in [9.17, 15) is 0 Å². The van der Waals surface area contributed by atoms with Crippen LogP contribution in [-0.2, 0) is 0 Å². The Morgan fingerprint density at radius 1 is 1.35 bits per heavy atom. The summed E-state index contributed by atoms with van der Waals surface area (Å²) in [5, 5.41) is 3.39. The van der Waals surface area contributed by atoms with E-state index in [4.69, 9.17) is 9.15 Å². The number of hydrogen-bond acceptors (Lipinski definition) is 3. The van der Waals surface area contributed by atoms with Crippen LogP contribution in [0.5, 0.6) is 5.75 Å². The lowest BCUT2D eigenvalue weighted by Crippen LogP contribution is -2.05.